The number of hydrogen-bond acceptors (Lipinski definition) is 3. The van der Waals surface area contributed by atoms with Gasteiger partial charge in [-0.25, -0.2) is 0 Å². The molecule has 0 saturated carbocycles. The molecule has 1 aromatic rings. The van der Waals surface area contributed by atoms with Crippen LogP contribution in [0.2, 0.25) is 0 Å². The normalized spacial score (nSPS) is 20.6. The summed E-state index contributed by atoms with van der Waals surface area (Å²) in [5, 5.41) is 0. The van der Waals surface area contributed by atoms with Gasteiger partial charge in [-0.05, 0) is 13.0 Å². The van der Waals surface area contributed by atoms with Crippen LogP contribution in [0.3, 0.4) is 0 Å². The van der Waals surface area contributed by atoms with Crippen LogP contribution in [0.5, 0.6) is 5.75 Å². The molecule has 0 spiro atoms. The Morgan fingerprint density at radius 2 is 2.38 bits per heavy atom. The minimum absolute atomic E-state index is 0.239. The average Bonchev–Trinajstić information content (AvgIpc) is 2.17. The van der Waals surface area contributed by atoms with Gasteiger partial charge in [-0.2, -0.15) is 0 Å². The maximum Gasteiger partial charge on any atom is 0.124 e. The van der Waals surface area contributed by atoms with E-state index in [9.17, 15) is 0 Å². The van der Waals surface area contributed by atoms with E-state index in [0.29, 0.717) is 0 Å². The smallest absolute Gasteiger partial charge is 0.124 e. The fourth-order valence-corrected chi connectivity index (χ4v) is 1.69. The first kappa shape index (κ1) is 8.53. The van der Waals surface area contributed by atoms with E-state index in [2.05, 4.69) is 24.5 Å². The van der Waals surface area contributed by atoms with E-state index in [-0.39, 0.29) is 6.04 Å². The minimum atomic E-state index is 0.239. The summed E-state index contributed by atoms with van der Waals surface area (Å²) in [5.74, 6) is 6.42. The number of rotatable bonds is 1. The van der Waals surface area contributed by atoms with Gasteiger partial charge in [0.05, 0.1) is 12.6 Å². The van der Waals surface area contributed by atoms with E-state index in [1.807, 2.05) is 6.07 Å². The number of nitrogens with one attached hydrogen (secondary N) is 1. The lowest BCUT2D eigenvalue weighted by atomic mass is 9.99. The van der Waals surface area contributed by atoms with Crippen LogP contribution in [-0.2, 0) is 0 Å². The number of aryl methyl sites for hydroxylation is 1. The fraction of sp³-hybridized carbons (Fsp3) is 0.400. The molecule has 2 rings (SSSR count). The highest BCUT2D eigenvalue weighted by Gasteiger charge is 2.19. The van der Waals surface area contributed by atoms with Crippen LogP contribution in [0, 0.1) is 6.92 Å². The molecule has 0 unspecified atom stereocenters. The third kappa shape index (κ3) is 1.53. The number of ether oxygens (including phenoxy) is 1. The minimum Gasteiger partial charge on any atom is -0.493 e. The molecule has 1 aromatic carbocycles. The number of hydrazine groups is 1. The van der Waals surface area contributed by atoms with Gasteiger partial charge in [0.2, 0.25) is 0 Å². The van der Waals surface area contributed by atoms with Crippen LogP contribution in [0.4, 0.5) is 0 Å². The van der Waals surface area contributed by atoms with Crippen molar-refractivity contribution in [3.05, 3.63) is 29.3 Å². The summed E-state index contributed by atoms with van der Waals surface area (Å²) in [7, 11) is 0. The van der Waals surface area contributed by atoms with Crippen molar-refractivity contribution >= 4 is 0 Å². The molecule has 1 atom stereocenters. The van der Waals surface area contributed by atoms with E-state index < -0.39 is 0 Å². The van der Waals surface area contributed by atoms with Crippen LogP contribution in [0.1, 0.15) is 23.6 Å². The molecule has 0 fully saturated rings. The summed E-state index contributed by atoms with van der Waals surface area (Å²) in [6.45, 7) is 2.81. The second-order valence-electron chi connectivity index (χ2n) is 3.40. The highest BCUT2D eigenvalue weighted by Crippen LogP contribution is 2.31. The van der Waals surface area contributed by atoms with Crippen molar-refractivity contribution < 1.29 is 4.74 Å². The van der Waals surface area contributed by atoms with E-state index >= 15 is 0 Å². The monoisotopic (exact) mass is 178 g/mol. The highest BCUT2D eigenvalue weighted by molar-refractivity contribution is 5.40. The van der Waals surface area contributed by atoms with Crippen molar-refractivity contribution in [2.45, 2.75) is 19.4 Å². The number of fused-ring (bicyclic) bond motifs is 1. The number of benzene rings is 1. The maximum atomic E-state index is 5.51. The summed E-state index contributed by atoms with van der Waals surface area (Å²) in [6, 6.07) is 6.42. The standard InChI is InChI=1S/C10H14N2O/c1-7-2-3-10-8(6-7)9(12-11)4-5-13-10/h2-3,6,9,12H,4-5,11H2,1H3/t9-/m0/s1. The van der Waals surface area contributed by atoms with Crippen LogP contribution < -0.4 is 16.0 Å². The zero-order valence-electron chi connectivity index (χ0n) is 7.71. The Balaban J connectivity index is 2.41. The van der Waals surface area contributed by atoms with Crippen LogP contribution in [0.25, 0.3) is 0 Å². The van der Waals surface area contributed by atoms with E-state index in [1.54, 1.807) is 0 Å². The topological polar surface area (TPSA) is 47.3 Å². The van der Waals surface area contributed by atoms with Gasteiger partial charge < -0.3 is 4.74 Å². The van der Waals surface area contributed by atoms with E-state index in [4.69, 9.17) is 10.6 Å². The Morgan fingerprint density at radius 3 is 3.15 bits per heavy atom. The molecule has 3 nitrogen and oxygen atoms in total. The Hall–Kier alpha value is -1.06. The largest absolute Gasteiger partial charge is 0.493 e. The predicted molar refractivity (Wildman–Crippen MR) is 51.4 cm³/mol. The van der Waals surface area contributed by atoms with Crippen molar-refractivity contribution in [1.29, 1.82) is 0 Å². The lowest BCUT2D eigenvalue weighted by molar-refractivity contribution is 0.253. The first-order chi connectivity index (χ1) is 6.31. The molecule has 0 amide bonds. The van der Waals surface area contributed by atoms with Gasteiger partial charge >= 0.3 is 0 Å². The molecule has 0 aromatic heterocycles. The number of nitrogens with two attached hydrogens (primary N) is 1. The predicted octanol–water partition coefficient (Wildman–Crippen LogP) is 1.28. The molecule has 70 valence electrons. The zero-order valence-corrected chi connectivity index (χ0v) is 7.71. The van der Waals surface area contributed by atoms with Gasteiger partial charge in [0.15, 0.2) is 0 Å². The first-order valence-electron chi connectivity index (χ1n) is 4.51. The Kier molecular flexibility index (Phi) is 2.20. The molecule has 0 bridgehead atoms. The quantitative estimate of drug-likeness (QED) is 0.503. The molecule has 1 aliphatic rings. The molecule has 1 heterocycles. The summed E-state index contributed by atoms with van der Waals surface area (Å²) < 4.78 is 5.51. The molecule has 13 heavy (non-hydrogen) atoms. The molecule has 3 N–H and O–H groups in total. The Labute approximate surface area is 77.9 Å². The van der Waals surface area contributed by atoms with Gasteiger partial charge in [-0.15, -0.1) is 0 Å². The second-order valence-corrected chi connectivity index (χ2v) is 3.40. The fourth-order valence-electron chi connectivity index (χ4n) is 1.69. The van der Waals surface area contributed by atoms with Crippen molar-refractivity contribution in [2.24, 2.45) is 5.84 Å². The van der Waals surface area contributed by atoms with Crippen molar-refractivity contribution in [3.8, 4) is 5.75 Å². The van der Waals surface area contributed by atoms with Crippen LogP contribution >= 0.6 is 0 Å². The third-order valence-electron chi connectivity index (χ3n) is 2.41. The molecule has 0 radical (unpaired) electrons. The Morgan fingerprint density at radius 1 is 1.54 bits per heavy atom. The summed E-state index contributed by atoms with van der Waals surface area (Å²) in [6.07, 6.45) is 0.937. The van der Waals surface area contributed by atoms with Crippen molar-refractivity contribution in [1.82, 2.24) is 5.43 Å². The lowest BCUT2D eigenvalue weighted by Gasteiger charge is -2.25. The lowest BCUT2D eigenvalue weighted by Crippen LogP contribution is -2.32. The van der Waals surface area contributed by atoms with Gasteiger partial charge in [-0.3, -0.25) is 11.3 Å². The van der Waals surface area contributed by atoms with E-state index in [1.165, 1.54) is 11.1 Å². The van der Waals surface area contributed by atoms with Crippen LogP contribution in [0.15, 0.2) is 18.2 Å². The second kappa shape index (κ2) is 3.36. The van der Waals surface area contributed by atoms with E-state index in [0.717, 1.165) is 18.8 Å². The van der Waals surface area contributed by atoms with Gasteiger partial charge in [0, 0.05) is 12.0 Å². The number of hydrogen-bond donors (Lipinski definition) is 2. The van der Waals surface area contributed by atoms with Crippen molar-refractivity contribution in [2.75, 3.05) is 6.61 Å². The molecular weight excluding hydrogens is 164 g/mol. The summed E-state index contributed by atoms with van der Waals surface area (Å²) >= 11 is 0. The van der Waals surface area contributed by atoms with Gasteiger partial charge in [0.1, 0.15) is 5.75 Å². The SMILES string of the molecule is Cc1ccc2c(c1)[C@@H](NN)CCO2. The summed E-state index contributed by atoms with van der Waals surface area (Å²) in [4.78, 5) is 0. The summed E-state index contributed by atoms with van der Waals surface area (Å²) in [5.41, 5.74) is 5.22. The molecule has 0 aliphatic carbocycles. The van der Waals surface area contributed by atoms with Crippen LogP contribution in [-0.4, -0.2) is 6.61 Å². The molecule has 0 saturated heterocycles. The molecule has 1 aliphatic heterocycles. The average molecular weight is 178 g/mol. The Bertz CT molecular complexity index is 312. The van der Waals surface area contributed by atoms with Gasteiger partial charge in [0.25, 0.3) is 0 Å². The first-order valence-corrected chi connectivity index (χ1v) is 4.51. The van der Waals surface area contributed by atoms with Crippen molar-refractivity contribution in [3.63, 3.8) is 0 Å². The molecule has 3 heteroatoms. The maximum absolute atomic E-state index is 5.51. The highest BCUT2D eigenvalue weighted by atomic mass is 16.5. The zero-order chi connectivity index (χ0) is 9.26. The third-order valence-corrected chi connectivity index (χ3v) is 2.41. The van der Waals surface area contributed by atoms with Gasteiger partial charge in [-0.1, -0.05) is 17.7 Å². The molecular formula is C10H14N2O.